The number of fused-ring (bicyclic) bond motifs is 7. The lowest BCUT2D eigenvalue weighted by molar-refractivity contribution is 0.736. The molecular formula is C58H40BrN. The number of nitrogens with zero attached hydrogens (tertiary/aromatic N) is 1. The Kier molecular flexibility index (Phi) is 8.83. The lowest BCUT2D eigenvalue weighted by Crippen LogP contribution is -2.32. The van der Waals surface area contributed by atoms with Crippen molar-refractivity contribution in [2.45, 2.75) is 11.8 Å². The van der Waals surface area contributed by atoms with Gasteiger partial charge < -0.3 is 4.57 Å². The second-order valence-electron chi connectivity index (χ2n) is 15.8. The van der Waals surface area contributed by atoms with E-state index in [9.17, 15) is 0 Å². The van der Waals surface area contributed by atoms with Gasteiger partial charge in [0.1, 0.15) is 0 Å². The van der Waals surface area contributed by atoms with Gasteiger partial charge in [-0.15, -0.1) is 0 Å². The third kappa shape index (κ3) is 5.67. The summed E-state index contributed by atoms with van der Waals surface area (Å²) in [6, 6.07) is 71.4. The average Bonchev–Trinajstić information content (AvgIpc) is 3.65. The first-order valence-electron chi connectivity index (χ1n) is 20.6. The van der Waals surface area contributed by atoms with Crippen LogP contribution in [0.25, 0.3) is 71.3 Å². The summed E-state index contributed by atoms with van der Waals surface area (Å²) < 4.78 is 3.60. The molecule has 60 heavy (non-hydrogen) atoms. The summed E-state index contributed by atoms with van der Waals surface area (Å²) in [5.74, 6) is 0. The minimum Gasteiger partial charge on any atom is -0.309 e. The van der Waals surface area contributed by atoms with Crippen LogP contribution in [0.1, 0.15) is 22.3 Å². The first-order valence-corrected chi connectivity index (χ1v) is 21.4. The molecule has 0 fully saturated rings. The molecule has 0 unspecified atom stereocenters. The monoisotopic (exact) mass is 829 g/mol. The second kappa shape index (κ2) is 14.7. The molecule has 2 heteroatoms. The molecule has 0 spiro atoms. The van der Waals surface area contributed by atoms with E-state index in [4.69, 9.17) is 6.58 Å². The van der Waals surface area contributed by atoms with Crippen LogP contribution >= 0.6 is 15.9 Å². The van der Waals surface area contributed by atoms with Crippen LogP contribution < -0.4 is 0 Å². The van der Waals surface area contributed by atoms with Crippen LogP contribution in [-0.2, 0) is 11.8 Å². The first-order chi connectivity index (χ1) is 29.6. The third-order valence-electron chi connectivity index (χ3n) is 12.6. The summed E-state index contributed by atoms with van der Waals surface area (Å²) >= 11 is 3.89. The number of rotatable bonds is 5. The SMILES string of the molecule is C=C1/C=C\C=C/Cc2ccc(-n3c4cc5ccccc5cc4c4c5ccccc5c(-c5ccccc5-c5ccccc5Br)cc43)cc2C1(c1ccccc1)c1ccccc1. The molecule has 284 valence electrons. The van der Waals surface area contributed by atoms with Crippen molar-refractivity contribution in [2.24, 2.45) is 0 Å². The van der Waals surface area contributed by atoms with Crippen molar-refractivity contribution in [3.05, 3.63) is 257 Å². The van der Waals surface area contributed by atoms with Gasteiger partial charge in [-0.25, -0.2) is 0 Å². The smallest absolute Gasteiger partial charge is 0.0699 e. The van der Waals surface area contributed by atoms with Crippen LogP contribution in [-0.4, -0.2) is 4.57 Å². The third-order valence-corrected chi connectivity index (χ3v) is 13.2. The Morgan fingerprint density at radius 2 is 1.08 bits per heavy atom. The molecule has 0 saturated carbocycles. The van der Waals surface area contributed by atoms with E-state index >= 15 is 0 Å². The highest BCUT2D eigenvalue weighted by Gasteiger charge is 2.40. The van der Waals surface area contributed by atoms with Gasteiger partial charge in [0, 0.05) is 20.9 Å². The highest BCUT2D eigenvalue weighted by atomic mass is 79.9. The van der Waals surface area contributed by atoms with Crippen molar-refractivity contribution >= 4 is 59.3 Å². The van der Waals surface area contributed by atoms with Gasteiger partial charge in [0.25, 0.3) is 0 Å². The summed E-state index contributed by atoms with van der Waals surface area (Å²) in [4.78, 5) is 0. The predicted octanol–water partition coefficient (Wildman–Crippen LogP) is 15.7. The van der Waals surface area contributed by atoms with Crippen molar-refractivity contribution in [1.82, 2.24) is 4.57 Å². The van der Waals surface area contributed by atoms with Crippen LogP contribution in [0.2, 0.25) is 0 Å². The molecule has 9 aromatic carbocycles. The Balaban J connectivity index is 1.29. The lowest BCUT2D eigenvalue weighted by atomic mass is 9.63. The molecule has 0 N–H and O–H groups in total. The maximum Gasteiger partial charge on any atom is 0.0699 e. The van der Waals surface area contributed by atoms with Crippen molar-refractivity contribution in [3.63, 3.8) is 0 Å². The standard InChI is InChI=1S/C58H40BrN/c1-39-19-5-2-6-20-40-33-34-45(37-53(40)58(39,43-23-7-3-8-24-43)44-25-9-4-10-26-44)60-55-36-42-22-12-11-21-41(42)35-52(55)57-50-31-16-15-29-48(50)51(38-56(57)60)47-28-14-13-27-46(47)49-30-17-18-32-54(49)59/h2-19,21-38H,1,20H2/b6-2-,19-5-. The molecule has 1 aliphatic rings. The number of halogens is 1. The average molecular weight is 831 g/mol. The molecule has 0 saturated heterocycles. The fraction of sp³-hybridized carbons (Fsp3) is 0.0345. The lowest BCUT2D eigenvalue weighted by Gasteiger charge is -2.38. The number of hydrogen-bond donors (Lipinski definition) is 0. The molecule has 0 amide bonds. The van der Waals surface area contributed by atoms with Crippen molar-refractivity contribution in [2.75, 3.05) is 0 Å². The number of benzene rings is 9. The van der Waals surface area contributed by atoms with E-state index < -0.39 is 5.41 Å². The van der Waals surface area contributed by atoms with E-state index in [2.05, 4.69) is 239 Å². The van der Waals surface area contributed by atoms with Gasteiger partial charge in [-0.1, -0.05) is 205 Å². The molecule has 1 aromatic heterocycles. The minimum atomic E-state index is -0.651. The summed E-state index contributed by atoms with van der Waals surface area (Å²) in [6.45, 7) is 4.88. The van der Waals surface area contributed by atoms with E-state index in [0.29, 0.717) is 0 Å². The molecule has 0 bridgehead atoms. The van der Waals surface area contributed by atoms with Crippen LogP contribution in [0, 0.1) is 0 Å². The Hall–Kier alpha value is -7.00. The summed E-state index contributed by atoms with van der Waals surface area (Å²) in [5, 5.41) is 7.40. The zero-order valence-corrected chi connectivity index (χ0v) is 34.6. The van der Waals surface area contributed by atoms with E-state index in [0.717, 1.165) is 22.2 Å². The van der Waals surface area contributed by atoms with Crippen molar-refractivity contribution in [3.8, 4) is 27.9 Å². The number of aromatic nitrogens is 1. The van der Waals surface area contributed by atoms with Gasteiger partial charge in [0.2, 0.25) is 0 Å². The maximum absolute atomic E-state index is 4.88. The van der Waals surface area contributed by atoms with Gasteiger partial charge in [0.05, 0.1) is 16.4 Å². The van der Waals surface area contributed by atoms with Gasteiger partial charge in [0.15, 0.2) is 0 Å². The van der Waals surface area contributed by atoms with Gasteiger partial charge in [-0.3, -0.25) is 0 Å². The zero-order chi connectivity index (χ0) is 40.2. The Bertz CT molecular complexity index is 3330. The summed E-state index contributed by atoms with van der Waals surface area (Å²) in [6.07, 6.45) is 9.57. The van der Waals surface area contributed by atoms with E-state index in [1.165, 1.54) is 87.9 Å². The van der Waals surface area contributed by atoms with Crippen LogP contribution in [0.3, 0.4) is 0 Å². The first kappa shape index (κ1) is 36.1. The Labute approximate surface area is 359 Å². The molecule has 10 aromatic rings. The normalized spacial score (nSPS) is 14.8. The molecule has 11 rings (SSSR count). The largest absolute Gasteiger partial charge is 0.309 e. The maximum atomic E-state index is 4.88. The van der Waals surface area contributed by atoms with E-state index in [1.54, 1.807) is 0 Å². The van der Waals surface area contributed by atoms with Crippen molar-refractivity contribution in [1.29, 1.82) is 0 Å². The Morgan fingerprint density at radius 3 is 1.80 bits per heavy atom. The fourth-order valence-electron chi connectivity index (χ4n) is 9.90. The van der Waals surface area contributed by atoms with Crippen molar-refractivity contribution < 1.29 is 0 Å². The van der Waals surface area contributed by atoms with Crippen LogP contribution in [0.5, 0.6) is 0 Å². The van der Waals surface area contributed by atoms with E-state index in [1.807, 2.05) is 0 Å². The minimum absolute atomic E-state index is 0.651. The highest BCUT2D eigenvalue weighted by Crippen LogP contribution is 2.49. The molecule has 1 aliphatic carbocycles. The zero-order valence-electron chi connectivity index (χ0n) is 33.0. The molecule has 0 radical (unpaired) electrons. The van der Waals surface area contributed by atoms with E-state index in [-0.39, 0.29) is 0 Å². The topological polar surface area (TPSA) is 4.93 Å². The highest BCUT2D eigenvalue weighted by molar-refractivity contribution is 9.10. The molecule has 1 heterocycles. The van der Waals surface area contributed by atoms with Gasteiger partial charge in [-0.2, -0.15) is 0 Å². The van der Waals surface area contributed by atoms with Crippen LogP contribution in [0.4, 0.5) is 0 Å². The van der Waals surface area contributed by atoms with Gasteiger partial charge >= 0.3 is 0 Å². The van der Waals surface area contributed by atoms with Crippen LogP contribution in [0.15, 0.2) is 235 Å². The predicted molar refractivity (Wildman–Crippen MR) is 258 cm³/mol. The fourth-order valence-corrected chi connectivity index (χ4v) is 10.4. The molecule has 1 nitrogen and oxygen atoms in total. The molecule has 0 aliphatic heterocycles. The molecule has 0 atom stereocenters. The van der Waals surface area contributed by atoms with Gasteiger partial charge in [-0.05, 0) is 114 Å². The quantitative estimate of drug-likeness (QED) is 0.163. The number of allylic oxidation sites excluding steroid dienone is 5. The number of hydrogen-bond acceptors (Lipinski definition) is 0. The summed E-state index contributed by atoms with van der Waals surface area (Å²) in [5.41, 5.74) is 13.5. The molecular weight excluding hydrogens is 791 g/mol. The summed E-state index contributed by atoms with van der Waals surface area (Å²) in [7, 11) is 0. The second-order valence-corrected chi connectivity index (χ2v) is 16.6. The Morgan fingerprint density at radius 1 is 0.483 bits per heavy atom.